The molecule has 0 amide bonds. The monoisotopic (exact) mass is 327 g/mol. The highest BCUT2D eigenvalue weighted by Crippen LogP contribution is 2.38. The van der Waals surface area contributed by atoms with Crippen LogP contribution in [0.25, 0.3) is 5.65 Å². The van der Waals surface area contributed by atoms with Crippen LogP contribution in [-0.2, 0) is 5.75 Å². The number of pyridine rings is 1. The first-order valence-electron chi connectivity index (χ1n) is 7.65. The topological polar surface area (TPSA) is 65.1 Å². The Balaban J connectivity index is 1.61. The van der Waals surface area contributed by atoms with Crippen LogP contribution in [0.3, 0.4) is 0 Å². The number of thioether (sulfide) groups is 1. The van der Waals surface area contributed by atoms with Crippen LogP contribution in [0.5, 0.6) is 0 Å². The first-order chi connectivity index (χ1) is 11.1. The van der Waals surface area contributed by atoms with Gasteiger partial charge in [-0.2, -0.15) is 0 Å². The summed E-state index contributed by atoms with van der Waals surface area (Å²) >= 11 is 1.59. The van der Waals surface area contributed by atoms with E-state index >= 15 is 0 Å². The van der Waals surface area contributed by atoms with E-state index in [1.807, 2.05) is 32.2 Å². The lowest BCUT2D eigenvalue weighted by molar-refractivity contribution is 0.644. The van der Waals surface area contributed by atoms with E-state index in [-0.39, 0.29) is 5.56 Å². The molecule has 118 valence electrons. The SMILES string of the molecule is Cc1ccc2nc(CSc3nnc(C)n3C3CC3)cc(=O)n2c1. The standard InChI is InChI=1S/C16H17N5OS/c1-10-3-6-14-17-12(7-15(22)20(14)8-10)9-23-16-19-18-11(2)21(16)13-4-5-13/h3,6-8,13H,4-5,9H2,1-2H3. The van der Waals surface area contributed by atoms with Crippen LogP contribution >= 0.6 is 11.8 Å². The molecule has 7 heteroatoms. The molecule has 0 saturated heterocycles. The molecule has 3 aromatic rings. The van der Waals surface area contributed by atoms with Gasteiger partial charge >= 0.3 is 0 Å². The predicted molar refractivity (Wildman–Crippen MR) is 88.8 cm³/mol. The van der Waals surface area contributed by atoms with Gasteiger partial charge in [0.25, 0.3) is 5.56 Å². The summed E-state index contributed by atoms with van der Waals surface area (Å²) < 4.78 is 3.78. The van der Waals surface area contributed by atoms with Crippen LogP contribution in [0.15, 0.2) is 34.3 Å². The Labute approximate surface area is 137 Å². The lowest BCUT2D eigenvalue weighted by Crippen LogP contribution is -2.15. The number of nitrogens with zero attached hydrogens (tertiary/aromatic N) is 5. The third kappa shape index (κ3) is 2.76. The maximum atomic E-state index is 12.2. The third-order valence-electron chi connectivity index (χ3n) is 3.96. The molecule has 23 heavy (non-hydrogen) atoms. The van der Waals surface area contributed by atoms with Crippen molar-refractivity contribution in [3.8, 4) is 0 Å². The van der Waals surface area contributed by atoms with Crippen molar-refractivity contribution in [2.75, 3.05) is 0 Å². The first-order valence-corrected chi connectivity index (χ1v) is 8.63. The molecule has 1 saturated carbocycles. The summed E-state index contributed by atoms with van der Waals surface area (Å²) in [6.45, 7) is 3.95. The lowest BCUT2D eigenvalue weighted by Gasteiger charge is -2.07. The summed E-state index contributed by atoms with van der Waals surface area (Å²) in [5.41, 5.74) is 2.44. The van der Waals surface area contributed by atoms with Gasteiger partial charge in [-0.05, 0) is 38.3 Å². The fourth-order valence-corrected chi connectivity index (χ4v) is 3.62. The Kier molecular flexibility index (Phi) is 3.45. The number of aromatic nitrogens is 5. The lowest BCUT2D eigenvalue weighted by atomic mass is 10.3. The van der Waals surface area contributed by atoms with Crippen molar-refractivity contribution >= 4 is 17.4 Å². The molecule has 1 aliphatic carbocycles. The maximum absolute atomic E-state index is 12.2. The number of aryl methyl sites for hydroxylation is 2. The molecule has 3 heterocycles. The van der Waals surface area contributed by atoms with E-state index in [1.54, 1.807) is 22.2 Å². The number of fused-ring (bicyclic) bond motifs is 1. The normalized spacial score (nSPS) is 14.5. The van der Waals surface area contributed by atoms with Gasteiger partial charge in [0.2, 0.25) is 0 Å². The highest BCUT2D eigenvalue weighted by Gasteiger charge is 2.28. The zero-order valence-corrected chi connectivity index (χ0v) is 13.9. The molecule has 0 spiro atoms. The van der Waals surface area contributed by atoms with E-state index in [2.05, 4.69) is 19.7 Å². The van der Waals surface area contributed by atoms with Gasteiger partial charge in [0.15, 0.2) is 5.16 Å². The quantitative estimate of drug-likeness (QED) is 0.689. The summed E-state index contributed by atoms with van der Waals surface area (Å²) in [7, 11) is 0. The molecule has 0 bridgehead atoms. The van der Waals surface area contributed by atoms with Crippen molar-refractivity contribution in [1.29, 1.82) is 0 Å². The van der Waals surface area contributed by atoms with Crippen LogP contribution in [0.1, 0.15) is 36.0 Å². The van der Waals surface area contributed by atoms with E-state index in [9.17, 15) is 4.79 Å². The van der Waals surface area contributed by atoms with E-state index in [0.717, 1.165) is 22.2 Å². The summed E-state index contributed by atoms with van der Waals surface area (Å²) in [6, 6.07) is 5.99. The summed E-state index contributed by atoms with van der Waals surface area (Å²) in [6.07, 6.45) is 4.21. The molecule has 0 unspecified atom stereocenters. The van der Waals surface area contributed by atoms with Crippen molar-refractivity contribution in [3.63, 3.8) is 0 Å². The smallest absolute Gasteiger partial charge is 0.258 e. The maximum Gasteiger partial charge on any atom is 0.258 e. The van der Waals surface area contributed by atoms with Crippen molar-refractivity contribution in [2.24, 2.45) is 0 Å². The van der Waals surface area contributed by atoms with E-state index in [1.165, 1.54) is 12.8 Å². The van der Waals surface area contributed by atoms with Gasteiger partial charge in [-0.25, -0.2) is 4.98 Å². The van der Waals surface area contributed by atoms with Crippen molar-refractivity contribution < 1.29 is 0 Å². The minimum absolute atomic E-state index is 0.0471. The molecule has 3 aromatic heterocycles. The Morgan fingerprint density at radius 3 is 2.87 bits per heavy atom. The average Bonchev–Trinajstić information content (AvgIpc) is 3.29. The number of hydrogen-bond acceptors (Lipinski definition) is 5. The Hall–Kier alpha value is -2.15. The van der Waals surface area contributed by atoms with Crippen LogP contribution < -0.4 is 5.56 Å². The number of hydrogen-bond donors (Lipinski definition) is 0. The zero-order chi connectivity index (χ0) is 16.0. The Bertz CT molecular complexity index is 941. The molecule has 6 nitrogen and oxygen atoms in total. The van der Waals surface area contributed by atoms with Gasteiger partial charge < -0.3 is 4.57 Å². The fourth-order valence-electron chi connectivity index (χ4n) is 2.67. The molecule has 1 aliphatic rings. The van der Waals surface area contributed by atoms with Crippen molar-refractivity contribution in [2.45, 2.75) is 43.6 Å². The van der Waals surface area contributed by atoms with Crippen LogP contribution in [0, 0.1) is 13.8 Å². The minimum Gasteiger partial charge on any atom is -0.303 e. The molecule has 0 atom stereocenters. The summed E-state index contributed by atoms with van der Waals surface area (Å²) in [5, 5.41) is 9.34. The summed E-state index contributed by atoms with van der Waals surface area (Å²) in [5.74, 6) is 1.57. The number of rotatable bonds is 4. The van der Waals surface area contributed by atoms with Gasteiger partial charge in [0, 0.05) is 24.1 Å². The fraction of sp³-hybridized carbons (Fsp3) is 0.375. The Morgan fingerprint density at radius 2 is 2.09 bits per heavy atom. The first kappa shape index (κ1) is 14.4. The molecular formula is C16H17N5OS. The molecule has 0 aromatic carbocycles. The molecule has 1 fully saturated rings. The van der Waals surface area contributed by atoms with Crippen molar-refractivity contribution in [3.05, 3.63) is 51.8 Å². The van der Waals surface area contributed by atoms with Crippen molar-refractivity contribution in [1.82, 2.24) is 24.1 Å². The Morgan fingerprint density at radius 1 is 1.26 bits per heavy atom. The van der Waals surface area contributed by atoms with Gasteiger partial charge in [-0.3, -0.25) is 9.20 Å². The second-order valence-corrected chi connectivity index (χ2v) is 6.88. The third-order valence-corrected chi connectivity index (χ3v) is 4.93. The van der Waals surface area contributed by atoms with Gasteiger partial charge in [0.05, 0.1) is 5.69 Å². The van der Waals surface area contributed by atoms with E-state index < -0.39 is 0 Å². The van der Waals surface area contributed by atoms with Crippen LogP contribution in [0.4, 0.5) is 0 Å². The predicted octanol–water partition coefficient (Wildman–Crippen LogP) is 2.53. The van der Waals surface area contributed by atoms with Crippen LogP contribution in [-0.4, -0.2) is 24.1 Å². The van der Waals surface area contributed by atoms with E-state index in [4.69, 9.17) is 0 Å². The van der Waals surface area contributed by atoms with Crippen LogP contribution in [0.2, 0.25) is 0 Å². The van der Waals surface area contributed by atoms with Gasteiger partial charge in [-0.1, -0.05) is 17.8 Å². The molecule has 4 rings (SSSR count). The molecule has 0 radical (unpaired) electrons. The minimum atomic E-state index is -0.0471. The molecular weight excluding hydrogens is 310 g/mol. The highest BCUT2D eigenvalue weighted by molar-refractivity contribution is 7.98. The average molecular weight is 327 g/mol. The second-order valence-electron chi connectivity index (χ2n) is 5.94. The largest absolute Gasteiger partial charge is 0.303 e. The van der Waals surface area contributed by atoms with E-state index in [0.29, 0.717) is 17.4 Å². The molecule has 0 aliphatic heterocycles. The highest BCUT2D eigenvalue weighted by atomic mass is 32.2. The van der Waals surface area contributed by atoms with Gasteiger partial charge in [0.1, 0.15) is 11.5 Å². The van der Waals surface area contributed by atoms with Gasteiger partial charge in [-0.15, -0.1) is 10.2 Å². The molecule has 0 N–H and O–H groups in total. The summed E-state index contributed by atoms with van der Waals surface area (Å²) in [4.78, 5) is 16.8. The zero-order valence-electron chi connectivity index (χ0n) is 13.1. The second kappa shape index (κ2) is 5.49.